The summed E-state index contributed by atoms with van der Waals surface area (Å²) in [7, 11) is 3.48. The first-order valence-electron chi connectivity index (χ1n) is 14.3. The maximum absolute atomic E-state index is 12.4. The molecule has 2 aliphatic carbocycles. The van der Waals surface area contributed by atoms with E-state index in [-0.39, 0.29) is 30.1 Å². The van der Waals surface area contributed by atoms with Crippen LogP contribution >= 0.6 is 11.6 Å². The Balaban J connectivity index is 1.30. The van der Waals surface area contributed by atoms with E-state index in [0.717, 1.165) is 56.9 Å². The summed E-state index contributed by atoms with van der Waals surface area (Å²) >= 11 is 6.22. The van der Waals surface area contributed by atoms with Gasteiger partial charge in [0, 0.05) is 30.1 Å². The largest absolute Gasteiger partial charge is 0.496 e. The molecule has 2 aliphatic rings. The minimum atomic E-state index is -1.85. The summed E-state index contributed by atoms with van der Waals surface area (Å²) in [5.41, 5.74) is 0.504. The van der Waals surface area contributed by atoms with Crippen LogP contribution in [0.2, 0.25) is 5.02 Å². The monoisotopic (exact) mass is 588 g/mol. The van der Waals surface area contributed by atoms with Gasteiger partial charge in [-0.2, -0.15) is 0 Å². The van der Waals surface area contributed by atoms with Crippen molar-refractivity contribution >= 4 is 29.4 Å². The van der Waals surface area contributed by atoms with E-state index in [9.17, 15) is 24.9 Å². The first-order chi connectivity index (χ1) is 19.7. The predicted octanol–water partition coefficient (Wildman–Crippen LogP) is 5.51. The van der Waals surface area contributed by atoms with Gasteiger partial charge in [-0.3, -0.25) is 5.32 Å². The third kappa shape index (κ3) is 6.97. The number of likely N-dealkylation sites (N-methyl/N-ethyl adjacent to an activating group) is 1. The van der Waals surface area contributed by atoms with Crippen molar-refractivity contribution in [3.8, 4) is 5.75 Å². The molecular weight excluding hydrogens is 548 g/mol. The van der Waals surface area contributed by atoms with Crippen LogP contribution in [-0.4, -0.2) is 65.6 Å². The van der Waals surface area contributed by atoms with Crippen LogP contribution in [-0.2, 0) is 21.7 Å². The van der Waals surface area contributed by atoms with Gasteiger partial charge in [0.05, 0.1) is 24.4 Å². The number of ether oxygens (including phenoxy) is 2. The Bertz CT molecular complexity index is 1210. The molecule has 2 aromatic rings. The molecule has 4 rings (SSSR count). The number of anilines is 1. The highest BCUT2D eigenvalue weighted by molar-refractivity contribution is 6.33. The number of carboxylic acid groups (broad SMARTS) is 1. The molecule has 9 nitrogen and oxygen atoms in total. The first-order valence-corrected chi connectivity index (χ1v) is 14.7. The molecule has 0 aliphatic heterocycles. The highest BCUT2D eigenvalue weighted by Crippen LogP contribution is 2.45. The van der Waals surface area contributed by atoms with Gasteiger partial charge in [0.2, 0.25) is 0 Å². The van der Waals surface area contributed by atoms with Gasteiger partial charge in [-0.1, -0.05) is 48.7 Å². The van der Waals surface area contributed by atoms with E-state index in [1.54, 1.807) is 12.1 Å². The van der Waals surface area contributed by atoms with Crippen LogP contribution in [0, 0.1) is 5.92 Å². The number of hydrogen-bond donors (Lipinski definition) is 4. The van der Waals surface area contributed by atoms with Crippen molar-refractivity contribution in [1.29, 1.82) is 0 Å². The number of hydrogen-bond acceptors (Lipinski definition) is 7. The third-order valence-electron chi connectivity index (χ3n) is 8.86. The molecule has 2 aromatic carbocycles. The molecular formula is C31H41ClN2O7. The number of carboxylic acids is 1. The van der Waals surface area contributed by atoms with E-state index in [2.05, 4.69) is 10.2 Å². The normalized spacial score (nSPS) is 20.9. The van der Waals surface area contributed by atoms with E-state index in [1.165, 1.54) is 13.2 Å². The number of rotatable bonds is 11. The van der Waals surface area contributed by atoms with Crippen molar-refractivity contribution in [3.63, 3.8) is 0 Å². The number of benzene rings is 2. The Morgan fingerprint density at radius 2 is 1.78 bits per heavy atom. The molecule has 0 bridgehead atoms. The van der Waals surface area contributed by atoms with Gasteiger partial charge < -0.3 is 29.7 Å². The second-order valence-electron chi connectivity index (χ2n) is 11.2. The van der Waals surface area contributed by atoms with Crippen LogP contribution < -0.4 is 10.1 Å². The number of halogens is 1. The molecule has 0 heterocycles. The summed E-state index contributed by atoms with van der Waals surface area (Å²) in [6, 6.07) is 10.9. The number of methoxy groups -OCH3 is 1. The molecule has 4 N–H and O–H groups in total. The maximum atomic E-state index is 12.4. The fraction of sp³-hybridized carbons (Fsp3) is 0.548. The van der Waals surface area contributed by atoms with E-state index in [4.69, 9.17) is 21.1 Å². The number of aliphatic carboxylic acids is 1. The van der Waals surface area contributed by atoms with Crippen LogP contribution in [0.25, 0.3) is 0 Å². The van der Waals surface area contributed by atoms with Gasteiger partial charge in [-0.25, -0.2) is 9.59 Å². The maximum Gasteiger partial charge on any atom is 0.411 e. The van der Waals surface area contributed by atoms with Crippen molar-refractivity contribution in [2.45, 2.75) is 75.5 Å². The van der Waals surface area contributed by atoms with E-state index >= 15 is 0 Å². The lowest BCUT2D eigenvalue weighted by molar-refractivity contribution is -0.166. The first kappa shape index (κ1) is 31.1. The number of carbonyl (C=O) groups is 2. The molecule has 0 spiro atoms. The molecule has 224 valence electrons. The van der Waals surface area contributed by atoms with Crippen molar-refractivity contribution in [1.82, 2.24) is 4.90 Å². The van der Waals surface area contributed by atoms with Crippen LogP contribution in [0.4, 0.5) is 10.5 Å². The van der Waals surface area contributed by atoms with Crippen LogP contribution in [0.5, 0.6) is 5.75 Å². The van der Waals surface area contributed by atoms with Crippen LogP contribution in [0.3, 0.4) is 0 Å². The second kappa shape index (κ2) is 13.9. The summed E-state index contributed by atoms with van der Waals surface area (Å²) in [6.07, 6.45) is 6.34. The van der Waals surface area contributed by atoms with Crippen molar-refractivity contribution in [2.75, 3.05) is 32.6 Å². The van der Waals surface area contributed by atoms with Gasteiger partial charge >= 0.3 is 12.1 Å². The molecule has 41 heavy (non-hydrogen) atoms. The quantitative estimate of drug-likeness (QED) is 0.270. The molecule has 0 saturated heterocycles. The predicted molar refractivity (Wildman–Crippen MR) is 156 cm³/mol. The molecule has 0 unspecified atom stereocenters. The van der Waals surface area contributed by atoms with Gasteiger partial charge in [-0.15, -0.1) is 0 Å². The number of nitrogens with one attached hydrogen (secondary N) is 1. The number of carbonyl (C=O) groups excluding carboxylic acids is 1. The van der Waals surface area contributed by atoms with Crippen molar-refractivity contribution in [3.05, 3.63) is 58.1 Å². The van der Waals surface area contributed by atoms with Crippen molar-refractivity contribution in [2.24, 2.45) is 5.92 Å². The number of nitrogens with zero attached hydrogens (tertiary/aromatic N) is 1. The Morgan fingerprint density at radius 1 is 1.10 bits per heavy atom. The van der Waals surface area contributed by atoms with Crippen LogP contribution in [0.15, 0.2) is 36.4 Å². The van der Waals surface area contributed by atoms with E-state index in [0.29, 0.717) is 35.2 Å². The zero-order chi connectivity index (χ0) is 29.6. The Labute approximate surface area is 246 Å². The van der Waals surface area contributed by atoms with E-state index < -0.39 is 17.7 Å². The van der Waals surface area contributed by atoms with Crippen LogP contribution in [0.1, 0.15) is 74.0 Å². The number of aliphatic hydroxyl groups excluding tert-OH is 1. The Kier molecular flexibility index (Phi) is 10.5. The zero-order valence-corrected chi connectivity index (χ0v) is 24.5. The summed E-state index contributed by atoms with van der Waals surface area (Å²) in [5, 5.41) is 34.0. The smallest absolute Gasteiger partial charge is 0.411 e. The molecule has 2 fully saturated rings. The highest BCUT2D eigenvalue weighted by Gasteiger charge is 2.48. The lowest BCUT2D eigenvalue weighted by Gasteiger charge is -2.38. The van der Waals surface area contributed by atoms with E-state index in [1.807, 2.05) is 25.2 Å². The molecule has 1 atom stereocenters. The molecule has 1 amide bonds. The Morgan fingerprint density at radius 3 is 2.41 bits per heavy atom. The SMILES string of the molecule is COc1cc(NC(=O)OCCN(C)[C@H]2CC[C@H](c3ccccc3[C@@](O)(C(=O)O)C3CCCC3)CC2)c(Cl)cc1CO. The molecule has 0 aromatic heterocycles. The molecule has 0 radical (unpaired) electrons. The topological polar surface area (TPSA) is 129 Å². The standard InChI is InChI=1S/C31H41ClN2O7/c1-34(15-16-41-30(38)33-27-18-28(40-2)21(19-35)17-26(27)32)23-13-11-20(12-14-23)24-9-5-6-10-25(24)31(39,29(36)37)22-7-3-4-8-22/h5-6,9-10,17-18,20,22-23,35,39H,3-4,7-8,11-16,19H2,1-2H3,(H,33,38)(H,36,37)/t20-,23-,31-/m1/s1. The Hall–Kier alpha value is -2.85. The fourth-order valence-electron chi connectivity index (χ4n) is 6.50. The number of aliphatic hydroxyl groups is 2. The average Bonchev–Trinajstić information content (AvgIpc) is 3.53. The molecule has 10 heteroatoms. The lowest BCUT2D eigenvalue weighted by atomic mass is 9.73. The van der Waals surface area contributed by atoms with Crippen molar-refractivity contribution < 1.29 is 34.4 Å². The highest BCUT2D eigenvalue weighted by atomic mass is 35.5. The minimum absolute atomic E-state index is 0.184. The minimum Gasteiger partial charge on any atom is -0.496 e. The fourth-order valence-corrected chi connectivity index (χ4v) is 6.73. The zero-order valence-electron chi connectivity index (χ0n) is 23.8. The average molecular weight is 589 g/mol. The third-order valence-corrected chi connectivity index (χ3v) is 9.17. The van der Waals surface area contributed by atoms with Gasteiger partial charge in [0.15, 0.2) is 5.60 Å². The van der Waals surface area contributed by atoms with Gasteiger partial charge in [0.25, 0.3) is 0 Å². The summed E-state index contributed by atoms with van der Waals surface area (Å²) in [4.78, 5) is 26.9. The van der Waals surface area contributed by atoms with Gasteiger partial charge in [0.1, 0.15) is 12.4 Å². The molecule has 2 saturated carbocycles. The lowest BCUT2D eigenvalue weighted by Crippen LogP contribution is -2.43. The number of amides is 1. The summed E-state index contributed by atoms with van der Waals surface area (Å²) in [6.45, 7) is 0.515. The van der Waals surface area contributed by atoms with Gasteiger partial charge in [-0.05, 0) is 68.7 Å². The second-order valence-corrected chi connectivity index (χ2v) is 11.6. The summed E-state index contributed by atoms with van der Waals surface area (Å²) < 4.78 is 10.6. The summed E-state index contributed by atoms with van der Waals surface area (Å²) in [5.74, 6) is -0.822.